The molecule has 0 aliphatic carbocycles. The van der Waals surface area contributed by atoms with Gasteiger partial charge in [-0.25, -0.2) is 0 Å². The zero-order valence-electron chi connectivity index (χ0n) is 22.4. The summed E-state index contributed by atoms with van der Waals surface area (Å²) >= 11 is 6.04. The molecular weight excluding hydrogens is 561 g/mol. The summed E-state index contributed by atoms with van der Waals surface area (Å²) < 4.78 is 6.22. The number of halogens is 1. The van der Waals surface area contributed by atoms with Crippen molar-refractivity contribution in [1.82, 2.24) is 0 Å². The average Bonchev–Trinajstić information content (AvgIpc) is 3.05. The van der Waals surface area contributed by atoms with Crippen LogP contribution in [0.25, 0.3) is 11.0 Å². The summed E-state index contributed by atoms with van der Waals surface area (Å²) in [6.45, 7) is -2.65. The number of ketones is 1. The number of fused-ring (bicyclic) bond motifs is 1. The minimum absolute atomic E-state index is 0.0522. The van der Waals surface area contributed by atoms with Gasteiger partial charge in [-0.3, -0.25) is 14.6 Å². The lowest BCUT2D eigenvalue weighted by molar-refractivity contribution is 0.104. The van der Waals surface area contributed by atoms with Gasteiger partial charge in [-0.05, 0) is 65.0 Å². The van der Waals surface area contributed by atoms with E-state index in [2.05, 4.69) is 41.4 Å². The molecule has 0 bridgehead atoms. The van der Waals surface area contributed by atoms with Crippen LogP contribution in [0.3, 0.4) is 0 Å². The first-order chi connectivity index (χ1) is 20.6. The van der Waals surface area contributed by atoms with E-state index in [9.17, 15) is 9.59 Å². The normalized spacial score (nSPS) is 11.5. The number of hydrogen-bond acceptors (Lipinski definition) is 4. The van der Waals surface area contributed by atoms with E-state index in [0.29, 0.717) is 21.7 Å². The highest BCUT2D eigenvalue weighted by molar-refractivity contribution is 7.95. The molecular formula is C36H25ClNO3P. The van der Waals surface area contributed by atoms with Gasteiger partial charge in [0.15, 0.2) is 5.76 Å². The molecule has 6 rings (SSSR count). The second-order valence-electron chi connectivity index (χ2n) is 9.63. The molecule has 0 amide bonds. The summed E-state index contributed by atoms with van der Waals surface area (Å²) in [4.78, 5) is 32.8. The highest BCUT2D eigenvalue weighted by Crippen LogP contribution is 2.44. The van der Waals surface area contributed by atoms with E-state index in [0.717, 1.165) is 15.9 Å². The second-order valence-corrected chi connectivity index (χ2v) is 13.3. The molecule has 1 aromatic heterocycles. The first-order valence-corrected chi connectivity index (χ1v) is 15.6. The van der Waals surface area contributed by atoms with Crippen LogP contribution in [-0.4, -0.2) is 17.8 Å². The van der Waals surface area contributed by atoms with Crippen LogP contribution in [0.2, 0.25) is 5.02 Å². The lowest BCUT2D eigenvalue weighted by Crippen LogP contribution is -2.29. The number of benzene rings is 5. The molecule has 6 heteroatoms. The van der Waals surface area contributed by atoms with Gasteiger partial charge in [-0.15, -0.1) is 0 Å². The van der Waals surface area contributed by atoms with Crippen LogP contribution in [0, 0.1) is 0 Å². The summed E-state index contributed by atoms with van der Waals surface area (Å²) in [5.41, 5.74) is 0.701. The Balaban J connectivity index is 1.64. The summed E-state index contributed by atoms with van der Waals surface area (Å²) in [5, 5.41) is 3.98. The zero-order chi connectivity index (χ0) is 28.9. The fourth-order valence-corrected chi connectivity index (χ4v) is 8.88. The van der Waals surface area contributed by atoms with Crippen LogP contribution in [-0.2, 0) is 0 Å². The van der Waals surface area contributed by atoms with Gasteiger partial charge in [-0.2, -0.15) is 0 Å². The molecule has 204 valence electrons. The van der Waals surface area contributed by atoms with Gasteiger partial charge in [0.2, 0.25) is 11.2 Å². The maximum Gasteiger partial charge on any atom is 0.222 e. The van der Waals surface area contributed by atoms with E-state index < -0.39 is 6.89 Å². The molecule has 0 aliphatic rings. The third-order valence-corrected chi connectivity index (χ3v) is 11.2. The SMILES string of the molecule is O=C(C=P(c1ccccc1)(c1ccccc1)c1ccccc1)c1oc2ccccc2c(=O)c1C=Nc1ccc(Cl)cc1. The van der Waals surface area contributed by atoms with Crippen molar-refractivity contribution in [2.24, 2.45) is 4.99 Å². The quantitative estimate of drug-likeness (QED) is 0.113. The molecule has 0 saturated heterocycles. The van der Waals surface area contributed by atoms with Gasteiger partial charge in [0.25, 0.3) is 0 Å². The zero-order valence-corrected chi connectivity index (χ0v) is 24.1. The van der Waals surface area contributed by atoms with Gasteiger partial charge < -0.3 is 4.42 Å². The topological polar surface area (TPSA) is 59.6 Å². The first kappa shape index (κ1) is 27.4. The fourth-order valence-electron chi connectivity index (χ4n) is 5.02. The van der Waals surface area contributed by atoms with Crippen molar-refractivity contribution < 1.29 is 9.21 Å². The molecule has 6 aromatic rings. The Morgan fingerprint density at radius 2 is 1.17 bits per heavy atom. The van der Waals surface area contributed by atoms with Crippen molar-refractivity contribution in [3.8, 4) is 0 Å². The number of hydrogen-bond donors (Lipinski definition) is 0. The summed E-state index contributed by atoms with van der Waals surface area (Å²) in [6.07, 6.45) is 1.41. The molecule has 0 aliphatic heterocycles. The Morgan fingerprint density at radius 3 is 1.71 bits per heavy atom. The average molecular weight is 586 g/mol. The second kappa shape index (κ2) is 12.0. The van der Waals surface area contributed by atoms with E-state index >= 15 is 0 Å². The lowest BCUT2D eigenvalue weighted by Gasteiger charge is -2.28. The smallest absolute Gasteiger partial charge is 0.222 e. The predicted molar refractivity (Wildman–Crippen MR) is 177 cm³/mol. The van der Waals surface area contributed by atoms with Gasteiger partial charge in [0.1, 0.15) is 5.58 Å². The highest BCUT2D eigenvalue weighted by atomic mass is 35.5. The molecule has 0 unspecified atom stereocenters. The Kier molecular flexibility index (Phi) is 7.83. The van der Waals surface area contributed by atoms with Crippen molar-refractivity contribution in [2.45, 2.75) is 0 Å². The van der Waals surface area contributed by atoms with E-state index in [-0.39, 0.29) is 22.5 Å². The maximum atomic E-state index is 14.5. The van der Waals surface area contributed by atoms with Crippen LogP contribution < -0.4 is 21.3 Å². The standard InChI is InChI=1S/C36H25ClNO3P/c37-26-20-22-27(23-21-26)38-24-32-35(40)31-18-10-11-19-34(31)41-36(32)33(39)25-42(28-12-4-1-5-13-28,29-14-6-2-7-15-29)30-16-8-3-9-17-30/h1-25H. The predicted octanol–water partition coefficient (Wildman–Crippen LogP) is 7.18. The van der Waals surface area contributed by atoms with Crippen LogP contribution >= 0.6 is 18.5 Å². The van der Waals surface area contributed by atoms with Crippen molar-refractivity contribution >= 4 is 68.9 Å². The van der Waals surface area contributed by atoms with Gasteiger partial charge in [-0.1, -0.05) is 115 Å². The molecule has 5 aromatic carbocycles. The fraction of sp³-hybridized carbons (Fsp3) is 0. The van der Waals surface area contributed by atoms with Crippen molar-refractivity contribution in [1.29, 1.82) is 0 Å². The minimum Gasteiger partial charge on any atom is -0.452 e. The van der Waals surface area contributed by atoms with E-state index in [1.807, 2.05) is 54.6 Å². The van der Waals surface area contributed by atoms with E-state index in [4.69, 9.17) is 16.0 Å². The largest absolute Gasteiger partial charge is 0.452 e. The highest BCUT2D eigenvalue weighted by Gasteiger charge is 2.28. The minimum atomic E-state index is -2.65. The van der Waals surface area contributed by atoms with E-state index in [1.165, 1.54) is 6.21 Å². The van der Waals surface area contributed by atoms with Crippen LogP contribution in [0.1, 0.15) is 16.1 Å². The molecule has 0 radical (unpaired) electrons. The Bertz CT molecular complexity index is 1920. The van der Waals surface area contributed by atoms with Crippen molar-refractivity contribution in [2.75, 3.05) is 0 Å². The molecule has 1 heterocycles. The molecule has 42 heavy (non-hydrogen) atoms. The summed E-state index contributed by atoms with van der Waals surface area (Å²) in [7, 11) is 0. The number of carbonyl (C=O) groups excluding carboxylic acids is 1. The Labute approximate surface area is 248 Å². The van der Waals surface area contributed by atoms with E-state index in [1.54, 1.807) is 54.3 Å². The number of Topliss-reactive ketones (excluding diaryl/α,β-unsaturated/α-hetero) is 1. The van der Waals surface area contributed by atoms with Gasteiger partial charge >= 0.3 is 0 Å². The third-order valence-electron chi connectivity index (χ3n) is 7.03. The monoisotopic (exact) mass is 585 g/mol. The summed E-state index contributed by atoms with van der Waals surface area (Å²) in [5.74, 6) is 1.32. The number of aliphatic imine (C=N–C) groups is 1. The molecule has 0 N–H and O–H groups in total. The number of carbonyl (C=O) groups is 1. The van der Waals surface area contributed by atoms with Gasteiger partial charge in [0.05, 0.1) is 16.6 Å². The molecule has 0 fully saturated rings. The lowest BCUT2D eigenvalue weighted by atomic mass is 10.1. The van der Waals surface area contributed by atoms with Crippen LogP contribution in [0.4, 0.5) is 5.69 Å². The number of rotatable bonds is 7. The Morgan fingerprint density at radius 1 is 0.667 bits per heavy atom. The first-order valence-electron chi connectivity index (χ1n) is 13.4. The van der Waals surface area contributed by atoms with Crippen molar-refractivity contribution in [3.05, 3.63) is 166 Å². The van der Waals surface area contributed by atoms with Gasteiger partial charge in [0, 0.05) is 11.2 Å². The van der Waals surface area contributed by atoms with Crippen molar-refractivity contribution in [3.63, 3.8) is 0 Å². The molecule has 0 atom stereocenters. The Hall–Kier alpha value is -4.76. The molecule has 4 nitrogen and oxygen atoms in total. The summed E-state index contributed by atoms with van der Waals surface area (Å²) in [6, 6.07) is 43.9. The third kappa shape index (κ3) is 5.31. The van der Waals surface area contributed by atoms with Crippen LogP contribution in [0.15, 0.2) is 154 Å². The van der Waals surface area contributed by atoms with Crippen LogP contribution in [0.5, 0.6) is 0 Å². The molecule has 0 saturated carbocycles. The number of para-hydroxylation sites is 1. The molecule has 0 spiro atoms. The maximum absolute atomic E-state index is 14.5. The number of nitrogens with zero attached hydrogens (tertiary/aromatic N) is 1.